The maximum Gasteiger partial charge on any atom is 0.326 e. The van der Waals surface area contributed by atoms with Gasteiger partial charge < -0.3 is 38.3 Å². The van der Waals surface area contributed by atoms with Gasteiger partial charge in [0, 0.05) is 6.42 Å². The van der Waals surface area contributed by atoms with E-state index in [-0.39, 0.29) is 12.8 Å². The fourth-order valence-corrected chi connectivity index (χ4v) is 1.80. The molecule has 152 valence electrons. The molecule has 27 heavy (non-hydrogen) atoms. The number of primary amides is 2. The number of carboxylic acids is 1. The van der Waals surface area contributed by atoms with Crippen LogP contribution in [0.15, 0.2) is 0 Å². The number of nitrogens with one attached hydrogen (secondary N) is 3. The molecule has 0 saturated carbocycles. The number of carbonyl (C=O) groups excluding carboxylic acids is 5. The molecule has 13 nitrogen and oxygen atoms in total. The minimum Gasteiger partial charge on any atom is -0.480 e. The minimum atomic E-state index is -1.47. The molecule has 0 aromatic carbocycles. The molecule has 5 amide bonds. The molecule has 0 saturated heterocycles. The van der Waals surface area contributed by atoms with Crippen LogP contribution in [0, 0.1) is 0 Å². The molecular formula is C14H24N6O7. The van der Waals surface area contributed by atoms with Crippen LogP contribution in [0.25, 0.3) is 0 Å². The molecule has 0 bridgehead atoms. The number of rotatable bonds is 12. The number of carboxylic acid groups (broad SMARTS) is 1. The zero-order valence-electron chi connectivity index (χ0n) is 14.7. The van der Waals surface area contributed by atoms with Crippen LogP contribution in [0.1, 0.15) is 26.2 Å². The zero-order chi connectivity index (χ0) is 21.1. The third-order valence-corrected chi connectivity index (χ3v) is 3.19. The normalized spacial score (nSPS) is 13.6. The predicted octanol–water partition coefficient (Wildman–Crippen LogP) is -4.36. The number of nitrogens with two attached hydrogens (primary N) is 3. The second-order valence-electron chi connectivity index (χ2n) is 5.70. The first-order valence-electron chi connectivity index (χ1n) is 7.86. The Morgan fingerprint density at radius 1 is 0.926 bits per heavy atom. The van der Waals surface area contributed by atoms with E-state index >= 15 is 0 Å². The molecule has 0 aromatic rings. The van der Waals surface area contributed by atoms with Gasteiger partial charge in [0.25, 0.3) is 0 Å². The molecule has 0 fully saturated rings. The number of carbonyl (C=O) groups is 6. The van der Waals surface area contributed by atoms with Gasteiger partial charge in [-0.15, -0.1) is 0 Å². The Balaban J connectivity index is 4.94. The molecule has 0 heterocycles. The summed E-state index contributed by atoms with van der Waals surface area (Å²) in [6, 6.07) is -3.79. The minimum absolute atomic E-state index is 0.280. The van der Waals surface area contributed by atoms with Crippen molar-refractivity contribution in [1.29, 1.82) is 0 Å². The summed E-state index contributed by atoms with van der Waals surface area (Å²) in [5.41, 5.74) is 15.3. The van der Waals surface area contributed by atoms with Gasteiger partial charge in [0.2, 0.25) is 29.5 Å². The smallest absolute Gasteiger partial charge is 0.326 e. The Morgan fingerprint density at radius 3 is 1.96 bits per heavy atom. The zero-order valence-corrected chi connectivity index (χ0v) is 14.7. The lowest BCUT2D eigenvalue weighted by Gasteiger charge is -2.20. The van der Waals surface area contributed by atoms with E-state index in [1.165, 1.54) is 6.92 Å². The summed E-state index contributed by atoms with van der Waals surface area (Å²) >= 11 is 0. The van der Waals surface area contributed by atoms with E-state index in [2.05, 4.69) is 16.0 Å². The Labute approximate surface area is 154 Å². The average Bonchev–Trinajstić information content (AvgIpc) is 2.54. The van der Waals surface area contributed by atoms with E-state index in [4.69, 9.17) is 22.3 Å². The van der Waals surface area contributed by atoms with Crippen molar-refractivity contribution in [3.8, 4) is 0 Å². The van der Waals surface area contributed by atoms with Crippen LogP contribution in [-0.4, -0.2) is 65.3 Å². The van der Waals surface area contributed by atoms with E-state index in [1.54, 1.807) is 0 Å². The quantitative estimate of drug-likeness (QED) is 0.172. The number of hydrogen-bond donors (Lipinski definition) is 7. The van der Waals surface area contributed by atoms with E-state index < -0.39 is 66.6 Å². The maximum absolute atomic E-state index is 12.2. The van der Waals surface area contributed by atoms with Crippen molar-refractivity contribution in [2.75, 3.05) is 6.54 Å². The molecule has 0 aliphatic carbocycles. The Morgan fingerprint density at radius 2 is 1.52 bits per heavy atom. The fourth-order valence-electron chi connectivity index (χ4n) is 1.80. The van der Waals surface area contributed by atoms with Gasteiger partial charge >= 0.3 is 5.97 Å². The molecular weight excluding hydrogens is 364 g/mol. The van der Waals surface area contributed by atoms with E-state index in [0.29, 0.717) is 0 Å². The van der Waals surface area contributed by atoms with Crippen LogP contribution in [0.4, 0.5) is 0 Å². The lowest BCUT2D eigenvalue weighted by molar-refractivity contribution is -0.142. The SMILES string of the molecule is CC(N)C(=O)NCC(=O)NC(CC(N)=O)C(=O)NC(CCC(N)=O)C(=O)O. The summed E-state index contributed by atoms with van der Waals surface area (Å²) in [5.74, 6) is -5.57. The Bertz CT molecular complexity index is 607. The van der Waals surface area contributed by atoms with Crippen molar-refractivity contribution in [2.24, 2.45) is 17.2 Å². The van der Waals surface area contributed by atoms with Crippen LogP contribution in [-0.2, 0) is 28.8 Å². The topological polar surface area (TPSA) is 237 Å². The van der Waals surface area contributed by atoms with Gasteiger partial charge in [-0.2, -0.15) is 0 Å². The standard InChI is InChI=1S/C14H24N6O7/c1-6(15)12(24)18-5-11(23)19-8(4-10(17)22)13(25)20-7(14(26)27)2-3-9(16)21/h6-8H,2-5,15H2,1H3,(H2,16,21)(H2,17,22)(H,18,24)(H,19,23)(H,20,25)(H,26,27). The summed E-state index contributed by atoms with van der Waals surface area (Å²) < 4.78 is 0. The van der Waals surface area contributed by atoms with Gasteiger partial charge in [-0.05, 0) is 13.3 Å². The second-order valence-corrected chi connectivity index (χ2v) is 5.70. The first kappa shape index (κ1) is 23.8. The van der Waals surface area contributed by atoms with Crippen LogP contribution >= 0.6 is 0 Å². The molecule has 0 aromatic heterocycles. The first-order valence-corrected chi connectivity index (χ1v) is 7.86. The fraction of sp³-hybridized carbons (Fsp3) is 0.571. The van der Waals surface area contributed by atoms with E-state index in [0.717, 1.165) is 0 Å². The molecule has 0 spiro atoms. The average molecular weight is 388 g/mol. The van der Waals surface area contributed by atoms with E-state index in [9.17, 15) is 28.8 Å². The van der Waals surface area contributed by atoms with Gasteiger partial charge in [-0.3, -0.25) is 24.0 Å². The molecule has 0 aliphatic rings. The largest absolute Gasteiger partial charge is 0.480 e. The van der Waals surface area contributed by atoms with Crippen LogP contribution in [0.2, 0.25) is 0 Å². The van der Waals surface area contributed by atoms with E-state index in [1.807, 2.05) is 0 Å². The van der Waals surface area contributed by atoms with Crippen molar-refractivity contribution in [2.45, 2.75) is 44.3 Å². The molecule has 0 radical (unpaired) electrons. The van der Waals surface area contributed by atoms with Crippen LogP contribution in [0.3, 0.4) is 0 Å². The Hall–Kier alpha value is -3.22. The van der Waals surface area contributed by atoms with Crippen molar-refractivity contribution >= 4 is 35.5 Å². The maximum atomic E-state index is 12.2. The van der Waals surface area contributed by atoms with Gasteiger partial charge in [0.05, 0.1) is 19.0 Å². The van der Waals surface area contributed by atoms with Gasteiger partial charge in [-0.25, -0.2) is 4.79 Å². The monoisotopic (exact) mass is 388 g/mol. The lowest BCUT2D eigenvalue weighted by Crippen LogP contribution is -2.54. The Kier molecular flexibility index (Phi) is 10.0. The summed E-state index contributed by atoms with van der Waals surface area (Å²) in [5, 5.41) is 15.5. The van der Waals surface area contributed by atoms with Gasteiger partial charge in [0.1, 0.15) is 12.1 Å². The summed E-state index contributed by atoms with van der Waals surface area (Å²) in [6.45, 7) is 0.877. The highest BCUT2D eigenvalue weighted by Gasteiger charge is 2.28. The van der Waals surface area contributed by atoms with Crippen molar-refractivity contribution in [3.05, 3.63) is 0 Å². The van der Waals surface area contributed by atoms with Crippen molar-refractivity contribution in [1.82, 2.24) is 16.0 Å². The van der Waals surface area contributed by atoms with Crippen LogP contribution in [0.5, 0.6) is 0 Å². The lowest BCUT2D eigenvalue weighted by atomic mass is 10.1. The number of aliphatic carboxylic acids is 1. The highest BCUT2D eigenvalue weighted by atomic mass is 16.4. The van der Waals surface area contributed by atoms with Gasteiger partial charge in [0.15, 0.2) is 0 Å². The second kappa shape index (κ2) is 11.4. The molecule has 0 aliphatic heterocycles. The third-order valence-electron chi connectivity index (χ3n) is 3.19. The molecule has 10 N–H and O–H groups in total. The highest BCUT2D eigenvalue weighted by molar-refractivity contribution is 5.95. The molecule has 0 rings (SSSR count). The molecule has 3 atom stereocenters. The summed E-state index contributed by atoms with van der Waals surface area (Å²) in [6.07, 6.45) is -1.19. The molecule has 13 heteroatoms. The molecule has 3 unspecified atom stereocenters. The number of hydrogen-bond acceptors (Lipinski definition) is 7. The summed E-state index contributed by atoms with van der Waals surface area (Å²) in [7, 11) is 0. The van der Waals surface area contributed by atoms with Crippen molar-refractivity contribution in [3.63, 3.8) is 0 Å². The van der Waals surface area contributed by atoms with Gasteiger partial charge in [-0.1, -0.05) is 0 Å². The number of amides is 5. The van der Waals surface area contributed by atoms with Crippen molar-refractivity contribution < 1.29 is 33.9 Å². The third kappa shape index (κ3) is 10.4. The summed E-state index contributed by atoms with van der Waals surface area (Å²) in [4.78, 5) is 68.4. The van der Waals surface area contributed by atoms with Crippen LogP contribution < -0.4 is 33.2 Å². The highest BCUT2D eigenvalue weighted by Crippen LogP contribution is 2.00. The first-order chi connectivity index (χ1) is 12.4. The predicted molar refractivity (Wildman–Crippen MR) is 90.4 cm³/mol.